The molecule has 0 spiro atoms. The third-order valence-electron chi connectivity index (χ3n) is 4.14. The number of aryl methyl sites for hydroxylation is 3. The number of rotatable bonds is 8. The molecule has 0 atom stereocenters. The van der Waals surface area contributed by atoms with Gasteiger partial charge in [0.25, 0.3) is 5.91 Å². The summed E-state index contributed by atoms with van der Waals surface area (Å²) in [4.78, 5) is 21.2. The normalized spacial score (nSPS) is 10.6. The number of aromatic nitrogens is 2. The molecule has 1 aromatic carbocycles. The molecule has 2 N–H and O–H groups in total. The third kappa shape index (κ3) is 5.02. The number of nitrogens with zero attached hydrogens (tertiary/aromatic N) is 2. The highest BCUT2D eigenvalue weighted by atomic mass is 16.1. The van der Waals surface area contributed by atoms with Crippen molar-refractivity contribution in [1.29, 1.82) is 0 Å². The molecule has 5 heteroatoms. The third-order valence-corrected chi connectivity index (χ3v) is 4.14. The van der Waals surface area contributed by atoms with E-state index in [4.69, 9.17) is 0 Å². The number of unbranched alkanes of at least 4 members (excludes halogenated alkanes) is 1. The van der Waals surface area contributed by atoms with Crippen LogP contribution in [0.2, 0.25) is 0 Å². The van der Waals surface area contributed by atoms with E-state index in [0.717, 1.165) is 37.1 Å². The fourth-order valence-corrected chi connectivity index (χ4v) is 2.72. The van der Waals surface area contributed by atoms with Crippen LogP contribution in [0.4, 0.5) is 11.6 Å². The Balaban J connectivity index is 2.28. The first-order valence-corrected chi connectivity index (χ1v) is 9.10. The molecule has 1 aromatic heterocycles. The Bertz CT molecular complexity index is 705. The largest absolute Gasteiger partial charge is 0.351 e. The van der Waals surface area contributed by atoms with Gasteiger partial charge in [-0.15, -0.1) is 0 Å². The van der Waals surface area contributed by atoms with Crippen LogP contribution in [0, 0.1) is 6.92 Å². The summed E-state index contributed by atoms with van der Waals surface area (Å²) in [6.45, 7) is 8.90. The van der Waals surface area contributed by atoms with Crippen LogP contribution < -0.4 is 10.6 Å². The smallest absolute Gasteiger partial charge is 0.270 e. The number of carbonyl (C=O) groups is 1. The van der Waals surface area contributed by atoms with E-state index in [1.807, 2.05) is 6.92 Å². The van der Waals surface area contributed by atoms with Gasteiger partial charge < -0.3 is 10.6 Å². The molecule has 0 fully saturated rings. The lowest BCUT2D eigenvalue weighted by molar-refractivity contribution is 0.0948. The SMILES string of the molecule is CCCCNC(=O)c1cc(C)nc(Nc2c(CC)cccc2CC)n1. The lowest BCUT2D eigenvalue weighted by atomic mass is 10.0. The van der Waals surface area contributed by atoms with Crippen molar-refractivity contribution in [2.24, 2.45) is 0 Å². The fourth-order valence-electron chi connectivity index (χ4n) is 2.72. The molecule has 1 heterocycles. The zero-order chi connectivity index (χ0) is 18.2. The van der Waals surface area contributed by atoms with Crippen LogP contribution in [0.5, 0.6) is 0 Å². The highest BCUT2D eigenvalue weighted by Crippen LogP contribution is 2.25. The Morgan fingerprint density at radius 3 is 2.36 bits per heavy atom. The van der Waals surface area contributed by atoms with Crippen molar-refractivity contribution in [2.75, 3.05) is 11.9 Å². The molecule has 2 aromatic rings. The Hall–Kier alpha value is -2.43. The minimum absolute atomic E-state index is 0.151. The molecule has 1 amide bonds. The second kappa shape index (κ2) is 9.16. The Morgan fingerprint density at radius 2 is 1.76 bits per heavy atom. The van der Waals surface area contributed by atoms with Crippen LogP contribution in [0.3, 0.4) is 0 Å². The molecular formula is C20H28N4O. The van der Waals surface area contributed by atoms with Crippen molar-refractivity contribution in [3.8, 4) is 0 Å². The number of hydrogen-bond acceptors (Lipinski definition) is 4. The van der Waals surface area contributed by atoms with Gasteiger partial charge in [-0.05, 0) is 43.4 Å². The highest BCUT2D eigenvalue weighted by Gasteiger charge is 2.12. The van der Waals surface area contributed by atoms with Crippen LogP contribution in [-0.4, -0.2) is 22.4 Å². The molecule has 0 saturated heterocycles. The lowest BCUT2D eigenvalue weighted by Crippen LogP contribution is -2.25. The summed E-state index contributed by atoms with van der Waals surface area (Å²) >= 11 is 0. The van der Waals surface area contributed by atoms with E-state index in [0.29, 0.717) is 18.2 Å². The van der Waals surface area contributed by atoms with Gasteiger partial charge in [-0.2, -0.15) is 0 Å². The van der Waals surface area contributed by atoms with Gasteiger partial charge in [-0.25, -0.2) is 9.97 Å². The summed E-state index contributed by atoms with van der Waals surface area (Å²) in [7, 11) is 0. The Labute approximate surface area is 150 Å². The quantitative estimate of drug-likeness (QED) is 0.707. The van der Waals surface area contributed by atoms with Crippen LogP contribution in [0.15, 0.2) is 24.3 Å². The summed E-state index contributed by atoms with van der Waals surface area (Å²) in [5, 5.41) is 6.25. The first kappa shape index (κ1) is 18.9. The van der Waals surface area contributed by atoms with E-state index in [-0.39, 0.29) is 5.91 Å². The average molecular weight is 340 g/mol. The summed E-state index contributed by atoms with van der Waals surface area (Å²) in [5.74, 6) is 0.317. The highest BCUT2D eigenvalue weighted by molar-refractivity contribution is 5.92. The second-order valence-corrected chi connectivity index (χ2v) is 6.11. The lowest BCUT2D eigenvalue weighted by Gasteiger charge is -2.15. The second-order valence-electron chi connectivity index (χ2n) is 6.11. The number of carbonyl (C=O) groups excluding carboxylic acids is 1. The van der Waals surface area contributed by atoms with Gasteiger partial charge in [-0.1, -0.05) is 45.4 Å². The van der Waals surface area contributed by atoms with E-state index < -0.39 is 0 Å². The molecule has 0 bridgehead atoms. The van der Waals surface area contributed by atoms with Gasteiger partial charge in [0, 0.05) is 17.9 Å². The van der Waals surface area contributed by atoms with Crippen molar-refractivity contribution in [2.45, 2.75) is 53.4 Å². The van der Waals surface area contributed by atoms with Gasteiger partial charge in [-0.3, -0.25) is 4.79 Å². The van der Waals surface area contributed by atoms with E-state index >= 15 is 0 Å². The monoisotopic (exact) mass is 340 g/mol. The standard InChI is InChI=1S/C20H28N4O/c1-5-8-12-21-19(25)17-13-14(4)22-20(23-17)24-18-15(6-2)10-9-11-16(18)7-3/h9-11,13H,5-8,12H2,1-4H3,(H,21,25)(H,22,23,24). The Morgan fingerprint density at radius 1 is 1.08 bits per heavy atom. The van der Waals surface area contributed by atoms with Crippen LogP contribution in [0.1, 0.15) is 60.9 Å². The summed E-state index contributed by atoms with van der Waals surface area (Å²) in [6.07, 6.45) is 3.85. The maximum absolute atomic E-state index is 12.3. The van der Waals surface area contributed by atoms with Crippen LogP contribution in [0.25, 0.3) is 0 Å². The maximum atomic E-state index is 12.3. The van der Waals surface area contributed by atoms with Gasteiger partial charge in [0.05, 0.1) is 0 Å². The Kier molecular flexibility index (Phi) is 6.92. The number of benzene rings is 1. The van der Waals surface area contributed by atoms with E-state index in [2.05, 4.69) is 59.6 Å². The molecule has 0 aliphatic rings. The van der Waals surface area contributed by atoms with Crippen LogP contribution in [-0.2, 0) is 12.8 Å². The topological polar surface area (TPSA) is 66.9 Å². The molecule has 0 aliphatic carbocycles. The van der Waals surface area contributed by atoms with E-state index in [1.165, 1.54) is 11.1 Å². The number of anilines is 2. The zero-order valence-electron chi connectivity index (χ0n) is 15.6. The van der Waals surface area contributed by atoms with Gasteiger partial charge >= 0.3 is 0 Å². The van der Waals surface area contributed by atoms with E-state index in [9.17, 15) is 4.79 Å². The molecule has 134 valence electrons. The number of nitrogens with one attached hydrogen (secondary N) is 2. The minimum Gasteiger partial charge on any atom is -0.351 e. The van der Waals surface area contributed by atoms with Crippen molar-refractivity contribution >= 4 is 17.5 Å². The van der Waals surface area contributed by atoms with E-state index in [1.54, 1.807) is 6.07 Å². The number of hydrogen-bond donors (Lipinski definition) is 2. The summed E-state index contributed by atoms with van der Waals surface area (Å²) < 4.78 is 0. The van der Waals surface area contributed by atoms with Crippen LogP contribution >= 0.6 is 0 Å². The van der Waals surface area contributed by atoms with Gasteiger partial charge in [0.15, 0.2) is 0 Å². The van der Waals surface area contributed by atoms with Crippen molar-refractivity contribution in [3.05, 3.63) is 46.8 Å². The first-order valence-electron chi connectivity index (χ1n) is 9.10. The molecule has 0 unspecified atom stereocenters. The molecule has 0 aliphatic heterocycles. The van der Waals surface area contributed by atoms with Gasteiger partial charge in [0.2, 0.25) is 5.95 Å². The fraction of sp³-hybridized carbons (Fsp3) is 0.450. The molecule has 5 nitrogen and oxygen atoms in total. The van der Waals surface area contributed by atoms with Crippen molar-refractivity contribution in [3.63, 3.8) is 0 Å². The maximum Gasteiger partial charge on any atom is 0.270 e. The predicted molar refractivity (Wildman–Crippen MR) is 102 cm³/mol. The minimum atomic E-state index is -0.151. The number of para-hydroxylation sites is 1. The molecule has 0 saturated carbocycles. The zero-order valence-corrected chi connectivity index (χ0v) is 15.6. The molecule has 0 radical (unpaired) electrons. The van der Waals surface area contributed by atoms with Crippen molar-refractivity contribution < 1.29 is 4.79 Å². The molecule has 25 heavy (non-hydrogen) atoms. The number of amides is 1. The molecular weight excluding hydrogens is 312 g/mol. The summed E-state index contributed by atoms with van der Waals surface area (Å²) in [5.41, 5.74) is 4.66. The summed E-state index contributed by atoms with van der Waals surface area (Å²) in [6, 6.07) is 8.01. The molecule has 2 rings (SSSR count). The predicted octanol–water partition coefficient (Wildman–Crippen LogP) is 4.18. The average Bonchev–Trinajstić information content (AvgIpc) is 2.61. The van der Waals surface area contributed by atoms with Gasteiger partial charge in [0.1, 0.15) is 5.69 Å². The van der Waals surface area contributed by atoms with Crippen molar-refractivity contribution in [1.82, 2.24) is 15.3 Å². The first-order chi connectivity index (χ1) is 12.1.